The van der Waals surface area contributed by atoms with Crippen LogP contribution in [-0.2, 0) is 6.42 Å². The van der Waals surface area contributed by atoms with Crippen LogP contribution in [-0.4, -0.2) is 16.1 Å². The Morgan fingerprint density at radius 1 is 1.75 bits per heavy atom. The topological polar surface area (TPSA) is 50.2 Å². The average Bonchev–Trinajstić information content (AvgIpc) is 2.48. The largest absolute Gasteiger partial charge is 0.477 e. The molecule has 0 aliphatic heterocycles. The lowest BCUT2D eigenvalue weighted by Crippen LogP contribution is -1.89. The number of aromatic nitrogens is 1. The second kappa shape index (κ2) is 4.21. The van der Waals surface area contributed by atoms with Crippen LogP contribution in [0.2, 0.25) is 0 Å². The van der Waals surface area contributed by atoms with Crippen molar-refractivity contribution in [3.8, 4) is 0 Å². The van der Waals surface area contributed by atoms with Crippen molar-refractivity contribution in [2.24, 2.45) is 0 Å². The minimum Gasteiger partial charge on any atom is -0.477 e. The van der Waals surface area contributed by atoms with Crippen LogP contribution >= 0.6 is 11.3 Å². The highest BCUT2D eigenvalue weighted by atomic mass is 32.1. The van der Waals surface area contributed by atoms with E-state index in [4.69, 9.17) is 5.11 Å². The maximum absolute atomic E-state index is 10.5. The molecule has 1 aromatic heterocycles. The molecule has 0 fully saturated rings. The molecule has 1 heterocycles. The van der Waals surface area contributed by atoms with Gasteiger partial charge in [0, 0.05) is 0 Å². The molecule has 0 aliphatic rings. The Labute approximate surface area is 75.1 Å². The summed E-state index contributed by atoms with van der Waals surface area (Å²) < 4.78 is 0. The summed E-state index contributed by atoms with van der Waals surface area (Å²) in [5.41, 5.74) is 0. The van der Waals surface area contributed by atoms with Crippen molar-refractivity contribution >= 4 is 17.3 Å². The predicted molar refractivity (Wildman–Crippen MR) is 47.7 cm³/mol. The number of rotatable bonds is 4. The van der Waals surface area contributed by atoms with Crippen LogP contribution in [0.15, 0.2) is 6.20 Å². The van der Waals surface area contributed by atoms with E-state index < -0.39 is 5.97 Å². The number of hydrogen-bond donors (Lipinski definition) is 1. The Hall–Kier alpha value is -0.900. The Morgan fingerprint density at radius 3 is 3.00 bits per heavy atom. The number of aryl methyl sites for hydroxylation is 1. The van der Waals surface area contributed by atoms with E-state index in [0.717, 1.165) is 24.3 Å². The molecule has 66 valence electrons. The molecule has 0 aromatic carbocycles. The van der Waals surface area contributed by atoms with Gasteiger partial charge in [-0.3, -0.25) is 0 Å². The second-order valence-corrected chi connectivity index (χ2v) is 3.64. The SMILES string of the molecule is CCCCc1ncc(C(=O)O)s1. The highest BCUT2D eigenvalue weighted by molar-refractivity contribution is 7.13. The van der Waals surface area contributed by atoms with E-state index in [1.54, 1.807) is 0 Å². The first-order valence-corrected chi connectivity index (χ1v) is 4.73. The van der Waals surface area contributed by atoms with Gasteiger partial charge in [-0.2, -0.15) is 0 Å². The fourth-order valence-corrected chi connectivity index (χ4v) is 1.65. The van der Waals surface area contributed by atoms with E-state index in [1.165, 1.54) is 17.5 Å². The predicted octanol–water partition coefficient (Wildman–Crippen LogP) is 2.18. The molecule has 0 amide bonds. The molecule has 1 N–H and O–H groups in total. The monoisotopic (exact) mass is 185 g/mol. The lowest BCUT2D eigenvalue weighted by molar-refractivity contribution is 0.0702. The van der Waals surface area contributed by atoms with Gasteiger partial charge in [0.25, 0.3) is 0 Å². The molecule has 4 heteroatoms. The number of carbonyl (C=O) groups is 1. The standard InChI is InChI=1S/C8H11NO2S/c1-2-3-4-7-9-5-6(12-7)8(10)11/h5H,2-4H2,1H3,(H,10,11). The normalized spacial score (nSPS) is 10.1. The van der Waals surface area contributed by atoms with Gasteiger partial charge in [-0.25, -0.2) is 9.78 Å². The van der Waals surface area contributed by atoms with Crippen molar-refractivity contribution in [3.05, 3.63) is 16.1 Å². The summed E-state index contributed by atoms with van der Waals surface area (Å²) in [7, 11) is 0. The zero-order valence-electron chi connectivity index (χ0n) is 6.91. The van der Waals surface area contributed by atoms with E-state index >= 15 is 0 Å². The van der Waals surface area contributed by atoms with Crippen molar-refractivity contribution in [2.75, 3.05) is 0 Å². The molecule has 0 radical (unpaired) electrons. The van der Waals surface area contributed by atoms with Gasteiger partial charge < -0.3 is 5.11 Å². The first-order valence-electron chi connectivity index (χ1n) is 3.92. The summed E-state index contributed by atoms with van der Waals surface area (Å²) in [6.07, 6.45) is 4.51. The van der Waals surface area contributed by atoms with Crippen molar-refractivity contribution in [3.63, 3.8) is 0 Å². The number of aromatic carboxylic acids is 1. The van der Waals surface area contributed by atoms with Crippen molar-refractivity contribution in [2.45, 2.75) is 26.2 Å². The van der Waals surface area contributed by atoms with Gasteiger partial charge in [0.15, 0.2) is 0 Å². The third-order valence-corrected chi connectivity index (χ3v) is 2.55. The molecule has 0 aliphatic carbocycles. The van der Waals surface area contributed by atoms with Crippen LogP contribution in [0.1, 0.15) is 34.4 Å². The summed E-state index contributed by atoms with van der Waals surface area (Å²) in [6.45, 7) is 2.10. The van der Waals surface area contributed by atoms with E-state index in [-0.39, 0.29) is 0 Å². The molecular weight excluding hydrogens is 174 g/mol. The zero-order chi connectivity index (χ0) is 8.97. The third kappa shape index (κ3) is 2.30. The Balaban J connectivity index is 2.58. The molecule has 0 spiro atoms. The number of hydrogen-bond acceptors (Lipinski definition) is 3. The van der Waals surface area contributed by atoms with E-state index in [2.05, 4.69) is 11.9 Å². The van der Waals surface area contributed by atoms with Gasteiger partial charge in [-0.05, 0) is 12.8 Å². The zero-order valence-corrected chi connectivity index (χ0v) is 7.73. The fourth-order valence-electron chi connectivity index (χ4n) is 0.853. The molecule has 1 rings (SSSR count). The second-order valence-electron chi connectivity index (χ2n) is 2.53. The number of carboxylic acids is 1. The molecule has 0 saturated carbocycles. The molecule has 0 bridgehead atoms. The van der Waals surface area contributed by atoms with Crippen molar-refractivity contribution in [1.29, 1.82) is 0 Å². The minimum absolute atomic E-state index is 0.334. The summed E-state index contributed by atoms with van der Waals surface area (Å²) in [5.74, 6) is -0.879. The number of thiazole rings is 1. The van der Waals surface area contributed by atoms with Crippen LogP contribution in [0.3, 0.4) is 0 Å². The van der Waals surface area contributed by atoms with Crippen LogP contribution < -0.4 is 0 Å². The Bertz CT molecular complexity index is 270. The molecule has 0 atom stereocenters. The first-order chi connectivity index (χ1) is 5.74. The van der Waals surface area contributed by atoms with E-state index in [9.17, 15) is 4.79 Å². The molecule has 12 heavy (non-hydrogen) atoms. The van der Waals surface area contributed by atoms with Gasteiger partial charge in [0.2, 0.25) is 0 Å². The Kier molecular flexibility index (Phi) is 3.22. The maximum atomic E-state index is 10.5. The molecule has 3 nitrogen and oxygen atoms in total. The number of unbranched alkanes of at least 4 members (excludes halogenated alkanes) is 1. The summed E-state index contributed by atoms with van der Waals surface area (Å²) in [6, 6.07) is 0. The van der Waals surface area contributed by atoms with E-state index in [0.29, 0.717) is 4.88 Å². The van der Waals surface area contributed by atoms with Crippen LogP contribution in [0.5, 0.6) is 0 Å². The quantitative estimate of drug-likeness (QED) is 0.782. The van der Waals surface area contributed by atoms with Gasteiger partial charge in [0.1, 0.15) is 4.88 Å². The lowest BCUT2D eigenvalue weighted by atomic mass is 10.3. The summed E-state index contributed by atoms with van der Waals surface area (Å²) >= 11 is 1.27. The van der Waals surface area contributed by atoms with E-state index in [1.807, 2.05) is 0 Å². The molecule has 0 saturated heterocycles. The fraction of sp³-hybridized carbons (Fsp3) is 0.500. The van der Waals surface area contributed by atoms with Crippen molar-refractivity contribution in [1.82, 2.24) is 4.98 Å². The smallest absolute Gasteiger partial charge is 0.347 e. The lowest BCUT2D eigenvalue weighted by Gasteiger charge is -1.89. The van der Waals surface area contributed by atoms with Crippen molar-refractivity contribution < 1.29 is 9.90 Å². The average molecular weight is 185 g/mol. The number of carboxylic acid groups (broad SMARTS) is 1. The molecular formula is C8H11NO2S. The van der Waals surface area contributed by atoms with Gasteiger partial charge in [-0.1, -0.05) is 13.3 Å². The molecule has 0 unspecified atom stereocenters. The van der Waals surface area contributed by atoms with Crippen LogP contribution in [0.25, 0.3) is 0 Å². The minimum atomic E-state index is -0.879. The van der Waals surface area contributed by atoms with Crippen LogP contribution in [0, 0.1) is 0 Å². The Morgan fingerprint density at radius 2 is 2.50 bits per heavy atom. The number of nitrogens with zero attached hydrogens (tertiary/aromatic N) is 1. The van der Waals surface area contributed by atoms with Gasteiger partial charge in [0.05, 0.1) is 11.2 Å². The third-order valence-electron chi connectivity index (χ3n) is 1.51. The molecule has 1 aromatic rings. The van der Waals surface area contributed by atoms with Gasteiger partial charge >= 0.3 is 5.97 Å². The maximum Gasteiger partial charge on any atom is 0.347 e. The first kappa shape index (κ1) is 9.19. The summed E-state index contributed by atoms with van der Waals surface area (Å²) in [4.78, 5) is 14.8. The highest BCUT2D eigenvalue weighted by Gasteiger charge is 2.07. The summed E-state index contributed by atoms with van der Waals surface area (Å²) in [5, 5.41) is 9.52. The van der Waals surface area contributed by atoms with Crippen LogP contribution in [0.4, 0.5) is 0 Å². The van der Waals surface area contributed by atoms with Gasteiger partial charge in [-0.15, -0.1) is 11.3 Å². The highest BCUT2D eigenvalue weighted by Crippen LogP contribution is 2.14.